The van der Waals surface area contributed by atoms with E-state index in [0.717, 1.165) is 0 Å². The van der Waals surface area contributed by atoms with Gasteiger partial charge >= 0.3 is 0 Å². The van der Waals surface area contributed by atoms with Crippen LogP contribution in [0.4, 0.5) is 4.39 Å². The quantitative estimate of drug-likeness (QED) is 0.820. The standard InChI is InChI=1S/C14H18FNO4S/c1-2-16(12-7-8-21(18,19)10-12)14(17)9-20-13-5-3-11(15)4-6-13/h3-6,12H,2,7-10H2,1H3. The summed E-state index contributed by atoms with van der Waals surface area (Å²) in [6.45, 7) is 2.06. The van der Waals surface area contributed by atoms with Crippen molar-refractivity contribution in [2.24, 2.45) is 0 Å². The summed E-state index contributed by atoms with van der Waals surface area (Å²) in [6.07, 6.45) is 0.471. The maximum atomic E-state index is 12.8. The lowest BCUT2D eigenvalue weighted by Crippen LogP contribution is -2.43. The van der Waals surface area contributed by atoms with Crippen molar-refractivity contribution >= 4 is 15.7 Å². The van der Waals surface area contributed by atoms with Crippen LogP contribution in [0.2, 0.25) is 0 Å². The van der Waals surface area contributed by atoms with E-state index in [2.05, 4.69) is 0 Å². The van der Waals surface area contributed by atoms with E-state index in [0.29, 0.717) is 18.7 Å². The zero-order valence-electron chi connectivity index (χ0n) is 11.8. The van der Waals surface area contributed by atoms with Gasteiger partial charge in [0.25, 0.3) is 5.91 Å². The Balaban J connectivity index is 1.93. The Bertz CT molecular complexity index is 600. The number of rotatable bonds is 5. The highest BCUT2D eigenvalue weighted by atomic mass is 32.2. The van der Waals surface area contributed by atoms with Crippen LogP contribution in [0.3, 0.4) is 0 Å². The number of halogens is 1. The van der Waals surface area contributed by atoms with Crippen molar-refractivity contribution < 1.29 is 22.3 Å². The van der Waals surface area contributed by atoms with Crippen LogP contribution in [0.1, 0.15) is 13.3 Å². The summed E-state index contributed by atoms with van der Waals surface area (Å²) in [6, 6.07) is 5.11. The number of amides is 1. The third kappa shape index (κ3) is 4.17. The molecule has 0 aromatic heterocycles. The highest BCUT2D eigenvalue weighted by molar-refractivity contribution is 7.91. The average molecular weight is 315 g/mol. The summed E-state index contributed by atoms with van der Waals surface area (Å²) in [7, 11) is -3.03. The highest BCUT2D eigenvalue weighted by Crippen LogP contribution is 2.18. The first-order valence-electron chi connectivity index (χ1n) is 6.79. The Morgan fingerprint density at radius 3 is 2.57 bits per heavy atom. The SMILES string of the molecule is CCN(C(=O)COc1ccc(F)cc1)C1CCS(=O)(=O)C1. The van der Waals surface area contributed by atoms with Gasteiger partial charge in [0.1, 0.15) is 11.6 Å². The van der Waals surface area contributed by atoms with Gasteiger partial charge in [0.2, 0.25) is 0 Å². The lowest BCUT2D eigenvalue weighted by atomic mass is 10.2. The number of carbonyl (C=O) groups is 1. The molecule has 1 fully saturated rings. The first-order valence-corrected chi connectivity index (χ1v) is 8.61. The Kier molecular flexibility index (Phi) is 4.82. The molecule has 0 saturated carbocycles. The molecule has 0 aliphatic carbocycles. The van der Waals surface area contributed by atoms with E-state index in [1.807, 2.05) is 0 Å². The maximum absolute atomic E-state index is 12.8. The lowest BCUT2D eigenvalue weighted by Gasteiger charge is -2.26. The number of hydrogen-bond donors (Lipinski definition) is 0. The van der Waals surface area contributed by atoms with Gasteiger partial charge in [0.15, 0.2) is 16.4 Å². The molecule has 1 aliphatic heterocycles. The average Bonchev–Trinajstić information content (AvgIpc) is 2.79. The Labute approximate surface area is 123 Å². The van der Waals surface area contributed by atoms with Crippen LogP contribution in [0.25, 0.3) is 0 Å². The summed E-state index contributed by atoms with van der Waals surface area (Å²) >= 11 is 0. The number of likely N-dealkylation sites (N-methyl/N-ethyl adjacent to an activating group) is 1. The fourth-order valence-corrected chi connectivity index (χ4v) is 4.15. The van der Waals surface area contributed by atoms with E-state index in [1.54, 1.807) is 6.92 Å². The molecule has 21 heavy (non-hydrogen) atoms. The minimum atomic E-state index is -3.03. The third-order valence-corrected chi connectivity index (χ3v) is 5.24. The topological polar surface area (TPSA) is 63.7 Å². The van der Waals surface area contributed by atoms with Crippen molar-refractivity contribution in [3.63, 3.8) is 0 Å². The number of sulfone groups is 1. The van der Waals surface area contributed by atoms with Crippen LogP contribution in [0.15, 0.2) is 24.3 Å². The van der Waals surface area contributed by atoms with Crippen LogP contribution in [0.5, 0.6) is 5.75 Å². The maximum Gasteiger partial charge on any atom is 0.260 e. The first kappa shape index (κ1) is 15.8. The van der Waals surface area contributed by atoms with Crippen LogP contribution in [-0.2, 0) is 14.6 Å². The van der Waals surface area contributed by atoms with Gasteiger partial charge in [0, 0.05) is 12.6 Å². The lowest BCUT2D eigenvalue weighted by molar-refractivity contribution is -0.135. The molecule has 0 radical (unpaired) electrons. The Hall–Kier alpha value is -1.63. The van der Waals surface area contributed by atoms with E-state index >= 15 is 0 Å². The molecular formula is C14H18FNO4S. The zero-order valence-corrected chi connectivity index (χ0v) is 12.6. The van der Waals surface area contributed by atoms with Crippen molar-refractivity contribution in [1.82, 2.24) is 4.90 Å². The number of benzene rings is 1. The molecule has 1 atom stereocenters. The number of nitrogens with zero attached hydrogens (tertiary/aromatic N) is 1. The fourth-order valence-electron chi connectivity index (χ4n) is 2.42. The van der Waals surface area contributed by atoms with Gasteiger partial charge in [-0.05, 0) is 37.6 Å². The molecule has 0 N–H and O–H groups in total. The molecule has 1 aromatic carbocycles. The molecule has 7 heteroatoms. The Morgan fingerprint density at radius 1 is 1.38 bits per heavy atom. The van der Waals surface area contributed by atoms with Crippen LogP contribution < -0.4 is 4.74 Å². The molecule has 1 saturated heterocycles. The molecule has 2 rings (SSSR count). The smallest absolute Gasteiger partial charge is 0.260 e. The molecule has 1 amide bonds. The van der Waals surface area contributed by atoms with Crippen LogP contribution in [-0.4, -0.2) is 49.9 Å². The monoisotopic (exact) mass is 315 g/mol. The van der Waals surface area contributed by atoms with Crippen molar-refractivity contribution in [3.8, 4) is 5.75 Å². The summed E-state index contributed by atoms with van der Waals surface area (Å²) in [5, 5.41) is 0. The van der Waals surface area contributed by atoms with Crippen molar-refractivity contribution in [2.45, 2.75) is 19.4 Å². The minimum absolute atomic E-state index is 0.0170. The molecular weight excluding hydrogens is 297 g/mol. The Morgan fingerprint density at radius 2 is 2.05 bits per heavy atom. The van der Waals surface area contributed by atoms with Gasteiger partial charge in [0.05, 0.1) is 11.5 Å². The molecule has 1 aliphatic rings. The van der Waals surface area contributed by atoms with Crippen molar-refractivity contribution in [1.29, 1.82) is 0 Å². The summed E-state index contributed by atoms with van der Waals surface area (Å²) in [5.74, 6) is -0.0903. The number of ether oxygens (including phenoxy) is 1. The second-order valence-corrected chi connectivity index (χ2v) is 7.21. The second kappa shape index (κ2) is 6.43. The van der Waals surface area contributed by atoms with Gasteiger partial charge in [-0.2, -0.15) is 0 Å². The van der Waals surface area contributed by atoms with Gasteiger partial charge in [-0.25, -0.2) is 12.8 Å². The third-order valence-electron chi connectivity index (χ3n) is 3.49. The van der Waals surface area contributed by atoms with E-state index in [4.69, 9.17) is 4.74 Å². The highest BCUT2D eigenvalue weighted by Gasteiger charge is 2.33. The van der Waals surface area contributed by atoms with E-state index < -0.39 is 9.84 Å². The second-order valence-electron chi connectivity index (χ2n) is 4.98. The minimum Gasteiger partial charge on any atom is -0.484 e. The molecule has 1 aromatic rings. The van der Waals surface area contributed by atoms with Crippen LogP contribution in [0, 0.1) is 5.82 Å². The molecule has 1 heterocycles. The normalized spacial score (nSPS) is 20.2. The van der Waals surface area contributed by atoms with Gasteiger partial charge in [-0.15, -0.1) is 0 Å². The molecule has 116 valence electrons. The predicted octanol–water partition coefficient (Wildman–Crippen LogP) is 1.24. The first-order chi connectivity index (χ1) is 9.91. The number of carbonyl (C=O) groups excluding carboxylic acids is 1. The summed E-state index contributed by atoms with van der Waals surface area (Å²) in [5.41, 5.74) is 0. The predicted molar refractivity (Wildman–Crippen MR) is 76.3 cm³/mol. The summed E-state index contributed by atoms with van der Waals surface area (Å²) in [4.78, 5) is 13.7. The molecule has 5 nitrogen and oxygen atoms in total. The van der Waals surface area contributed by atoms with Crippen LogP contribution >= 0.6 is 0 Å². The van der Waals surface area contributed by atoms with Gasteiger partial charge < -0.3 is 9.64 Å². The van der Waals surface area contributed by atoms with Gasteiger partial charge in [-0.3, -0.25) is 4.79 Å². The molecule has 1 unspecified atom stereocenters. The van der Waals surface area contributed by atoms with E-state index in [-0.39, 0.29) is 35.9 Å². The number of hydrogen-bond acceptors (Lipinski definition) is 4. The zero-order chi connectivity index (χ0) is 15.5. The van der Waals surface area contributed by atoms with E-state index in [1.165, 1.54) is 29.2 Å². The molecule has 0 bridgehead atoms. The summed E-state index contributed by atoms with van der Waals surface area (Å²) < 4.78 is 41.0. The van der Waals surface area contributed by atoms with E-state index in [9.17, 15) is 17.6 Å². The fraction of sp³-hybridized carbons (Fsp3) is 0.500. The van der Waals surface area contributed by atoms with Gasteiger partial charge in [-0.1, -0.05) is 0 Å². The van der Waals surface area contributed by atoms with Crippen molar-refractivity contribution in [3.05, 3.63) is 30.1 Å². The molecule has 0 spiro atoms. The largest absolute Gasteiger partial charge is 0.484 e. The van der Waals surface area contributed by atoms with Crippen molar-refractivity contribution in [2.75, 3.05) is 24.7 Å².